The van der Waals surface area contributed by atoms with Crippen LogP contribution < -0.4 is 4.72 Å². The molecule has 1 N–H and O–H groups in total. The molecule has 0 aliphatic carbocycles. The van der Waals surface area contributed by atoms with E-state index in [1.807, 2.05) is 24.5 Å². The predicted octanol–water partition coefficient (Wildman–Crippen LogP) is 3.58. The second-order valence-corrected chi connectivity index (χ2v) is 6.02. The topological polar surface area (TPSA) is 86.6 Å². The monoisotopic (exact) mass is 331 g/mol. The average Bonchev–Trinajstić information content (AvgIpc) is 3.04. The van der Waals surface area contributed by atoms with E-state index in [0.717, 1.165) is 27.9 Å². The minimum absolute atomic E-state index is 0.462. The Kier molecular flexibility index (Phi) is 4.29. The molecule has 0 radical (unpaired) electrons. The van der Waals surface area contributed by atoms with Gasteiger partial charge in [-0.3, -0.25) is 0 Å². The van der Waals surface area contributed by atoms with Gasteiger partial charge in [-0.2, -0.15) is 15.8 Å². The van der Waals surface area contributed by atoms with Crippen molar-refractivity contribution in [3.63, 3.8) is 0 Å². The van der Waals surface area contributed by atoms with Crippen LogP contribution in [0.5, 0.6) is 0 Å². The van der Waals surface area contributed by atoms with Crippen molar-refractivity contribution in [2.45, 2.75) is 13.1 Å². The van der Waals surface area contributed by atoms with Crippen LogP contribution in [0.25, 0.3) is 11.1 Å². The van der Waals surface area contributed by atoms with Gasteiger partial charge >= 0.3 is 0 Å². The Labute approximate surface area is 144 Å². The van der Waals surface area contributed by atoms with Crippen LogP contribution in [-0.2, 0) is 13.1 Å². The van der Waals surface area contributed by atoms with E-state index in [4.69, 9.17) is 5.26 Å². The molecule has 0 saturated carbocycles. The number of nitrogens with one attached hydrogen (secondary N) is 1. The molecule has 1 aliphatic heterocycles. The van der Waals surface area contributed by atoms with Crippen LogP contribution in [0.3, 0.4) is 0 Å². The van der Waals surface area contributed by atoms with Gasteiger partial charge in [0.25, 0.3) is 0 Å². The van der Waals surface area contributed by atoms with E-state index >= 15 is 0 Å². The second-order valence-electron chi connectivity index (χ2n) is 5.41. The molecule has 6 heteroatoms. The van der Waals surface area contributed by atoms with Gasteiger partial charge in [0, 0.05) is 11.9 Å². The van der Waals surface area contributed by atoms with Gasteiger partial charge in [-0.25, -0.2) is 0 Å². The van der Waals surface area contributed by atoms with Crippen LogP contribution in [-0.4, -0.2) is 11.2 Å². The van der Waals surface area contributed by atoms with Crippen molar-refractivity contribution in [3.05, 3.63) is 52.6 Å². The molecule has 5 nitrogen and oxygen atoms in total. The van der Waals surface area contributed by atoms with Crippen LogP contribution in [0.2, 0.25) is 0 Å². The second kappa shape index (κ2) is 6.54. The van der Waals surface area contributed by atoms with E-state index in [9.17, 15) is 10.5 Å². The molecule has 1 aliphatic rings. The number of nitrogens with zero attached hydrogens (tertiary/aromatic N) is 4. The smallest absolute Gasteiger partial charge is 0.179 e. The summed E-state index contributed by atoms with van der Waals surface area (Å²) < 4.78 is 3.22. The zero-order valence-corrected chi connectivity index (χ0v) is 13.8. The number of benzene rings is 2. The van der Waals surface area contributed by atoms with Gasteiger partial charge in [0.05, 0.1) is 36.4 Å². The zero-order chi connectivity index (χ0) is 17.1. The highest BCUT2D eigenvalue weighted by Crippen LogP contribution is 2.37. The van der Waals surface area contributed by atoms with Gasteiger partial charge in [-0.1, -0.05) is 18.0 Å². The first kappa shape index (κ1) is 15.7. The van der Waals surface area contributed by atoms with Gasteiger partial charge in [-0.05, 0) is 46.5 Å². The van der Waals surface area contributed by atoms with Crippen LogP contribution in [0.15, 0.2) is 30.3 Å². The number of fused-ring (bicyclic) bond motifs is 1. The van der Waals surface area contributed by atoms with Crippen molar-refractivity contribution in [1.82, 2.24) is 4.90 Å². The molecule has 0 fully saturated rings. The highest BCUT2D eigenvalue weighted by atomic mass is 32.2. The quantitative estimate of drug-likeness (QED) is 0.683. The summed E-state index contributed by atoms with van der Waals surface area (Å²) in [6.45, 7) is 1.10. The third-order valence-electron chi connectivity index (χ3n) is 3.97. The zero-order valence-electron chi connectivity index (χ0n) is 13.0. The van der Waals surface area contributed by atoms with Crippen molar-refractivity contribution >= 4 is 17.6 Å². The van der Waals surface area contributed by atoms with E-state index < -0.39 is 0 Å². The fourth-order valence-corrected chi connectivity index (χ4v) is 3.29. The van der Waals surface area contributed by atoms with Gasteiger partial charge in [-0.15, -0.1) is 0 Å². The summed E-state index contributed by atoms with van der Waals surface area (Å²) in [5.41, 5.74) is 5.73. The molecule has 2 aromatic rings. The third-order valence-corrected chi connectivity index (χ3v) is 4.41. The summed E-state index contributed by atoms with van der Waals surface area (Å²) >= 11 is 1.49. The van der Waals surface area contributed by atoms with E-state index in [-0.39, 0.29) is 0 Å². The van der Waals surface area contributed by atoms with E-state index in [0.29, 0.717) is 24.2 Å². The number of hydrogen-bond acceptors (Lipinski definition) is 6. The molecule has 0 spiro atoms. The highest BCUT2D eigenvalue weighted by Gasteiger charge is 2.23. The summed E-state index contributed by atoms with van der Waals surface area (Å²) in [6, 6.07) is 13.4. The maximum absolute atomic E-state index is 9.48. The molecule has 3 rings (SSSR count). The molecule has 116 valence electrons. The SMILES string of the molecule is CSNc1cc2c(c(-c3ccc(C#N)cc3C#N)c1)CN(C#N)C2. The predicted molar refractivity (Wildman–Crippen MR) is 93.3 cm³/mol. The van der Waals surface area contributed by atoms with Crippen molar-refractivity contribution in [1.29, 1.82) is 15.8 Å². The molecule has 0 amide bonds. The number of hydrogen-bond donors (Lipinski definition) is 1. The summed E-state index contributed by atoms with van der Waals surface area (Å²) in [7, 11) is 0. The Morgan fingerprint density at radius 2 is 1.88 bits per heavy atom. The molecule has 0 bridgehead atoms. The van der Waals surface area contributed by atoms with Crippen LogP contribution >= 0.6 is 11.9 Å². The van der Waals surface area contributed by atoms with E-state index in [1.54, 1.807) is 17.0 Å². The Balaban J connectivity index is 2.21. The maximum Gasteiger partial charge on any atom is 0.179 e. The molecular weight excluding hydrogens is 318 g/mol. The first-order valence-corrected chi connectivity index (χ1v) is 8.46. The summed E-state index contributed by atoms with van der Waals surface area (Å²) in [5.74, 6) is 0. The van der Waals surface area contributed by atoms with Crippen molar-refractivity contribution in [3.8, 4) is 29.5 Å². The lowest BCUT2D eigenvalue weighted by atomic mass is 9.92. The van der Waals surface area contributed by atoms with Gasteiger partial charge in [0.2, 0.25) is 0 Å². The first-order valence-electron chi connectivity index (χ1n) is 7.24. The minimum atomic E-state index is 0.462. The molecule has 2 aromatic carbocycles. The molecule has 0 saturated heterocycles. The minimum Gasteiger partial charge on any atom is -0.330 e. The lowest BCUT2D eigenvalue weighted by molar-refractivity contribution is 0.417. The van der Waals surface area contributed by atoms with Crippen molar-refractivity contribution < 1.29 is 0 Å². The fourth-order valence-electron chi connectivity index (χ4n) is 2.94. The molecule has 0 aromatic heterocycles. The normalized spacial score (nSPS) is 12.0. The van der Waals surface area contributed by atoms with E-state index in [2.05, 4.69) is 23.1 Å². The Morgan fingerprint density at radius 3 is 2.54 bits per heavy atom. The fraction of sp³-hybridized carbons (Fsp3) is 0.167. The molecule has 0 atom stereocenters. The van der Waals surface area contributed by atoms with Gasteiger partial charge < -0.3 is 9.62 Å². The van der Waals surface area contributed by atoms with Crippen LogP contribution in [0.1, 0.15) is 22.3 Å². The summed E-state index contributed by atoms with van der Waals surface area (Å²) in [5, 5.41) is 27.7. The first-order chi connectivity index (χ1) is 11.7. The van der Waals surface area contributed by atoms with Crippen LogP contribution in [0.4, 0.5) is 5.69 Å². The lowest BCUT2D eigenvalue weighted by Gasteiger charge is -2.13. The van der Waals surface area contributed by atoms with Crippen molar-refractivity contribution in [2.75, 3.05) is 11.0 Å². The Bertz CT molecular complexity index is 930. The standard InChI is InChI=1S/C18H13N5S/c1-24-22-15-5-14-9-23(11-21)10-18(14)17(6-15)16-3-2-12(7-19)4-13(16)8-20/h2-6,22H,9-10H2,1H3. The van der Waals surface area contributed by atoms with Gasteiger partial charge in [0.15, 0.2) is 6.19 Å². The van der Waals surface area contributed by atoms with E-state index in [1.165, 1.54) is 11.9 Å². The number of rotatable bonds is 3. The third kappa shape index (κ3) is 2.74. The average molecular weight is 331 g/mol. The molecular formula is C18H13N5S. The summed E-state index contributed by atoms with van der Waals surface area (Å²) in [4.78, 5) is 1.69. The van der Waals surface area contributed by atoms with Crippen molar-refractivity contribution in [2.24, 2.45) is 0 Å². The highest BCUT2D eigenvalue weighted by molar-refractivity contribution is 7.99. The molecule has 1 heterocycles. The molecule has 0 unspecified atom stereocenters. The lowest BCUT2D eigenvalue weighted by Crippen LogP contribution is -2.07. The Morgan fingerprint density at radius 1 is 1.04 bits per heavy atom. The largest absolute Gasteiger partial charge is 0.330 e. The Hall–Kier alpha value is -3.14. The number of anilines is 1. The number of nitriles is 3. The van der Waals surface area contributed by atoms with Gasteiger partial charge in [0.1, 0.15) is 0 Å². The molecule has 24 heavy (non-hydrogen) atoms. The van der Waals surface area contributed by atoms with Crippen LogP contribution in [0, 0.1) is 34.1 Å². The summed E-state index contributed by atoms with van der Waals surface area (Å²) in [6.07, 6.45) is 4.13. The maximum atomic E-state index is 9.48.